The van der Waals surface area contributed by atoms with Crippen molar-refractivity contribution >= 4 is 17.3 Å². The van der Waals surface area contributed by atoms with Crippen LogP contribution in [0.3, 0.4) is 0 Å². The summed E-state index contributed by atoms with van der Waals surface area (Å²) in [6.45, 7) is 1.83. The largest absolute Gasteiger partial charge is 0.485 e. The maximum Gasteiger partial charge on any atom is 0.417 e. The quantitative estimate of drug-likeness (QED) is 0.498. The van der Waals surface area contributed by atoms with Gasteiger partial charge in [-0.15, -0.1) is 11.3 Å². The molecule has 0 saturated carbocycles. The molecule has 1 atom stereocenters. The summed E-state index contributed by atoms with van der Waals surface area (Å²) in [6, 6.07) is 15.4. The fraction of sp³-hybridized carbons (Fsp3) is 0.190. The van der Waals surface area contributed by atoms with Gasteiger partial charge in [-0.1, -0.05) is 43.3 Å². The Morgan fingerprint density at radius 2 is 1.82 bits per heavy atom. The summed E-state index contributed by atoms with van der Waals surface area (Å²) in [6.07, 6.45) is -4.57. The van der Waals surface area contributed by atoms with Crippen molar-refractivity contribution in [2.75, 3.05) is 0 Å². The molecule has 0 aliphatic heterocycles. The molecular formula is C21H17F3O3S. The first-order valence-corrected chi connectivity index (χ1v) is 9.37. The molecule has 3 rings (SSSR count). The van der Waals surface area contributed by atoms with Crippen LogP contribution in [0.25, 0.3) is 11.1 Å². The maximum atomic E-state index is 13.6. The summed E-state index contributed by atoms with van der Waals surface area (Å²) in [5.41, 5.74) is -0.223. The Morgan fingerprint density at radius 3 is 2.39 bits per heavy atom. The van der Waals surface area contributed by atoms with Gasteiger partial charge in [0.2, 0.25) is 0 Å². The van der Waals surface area contributed by atoms with Crippen LogP contribution in [0, 0.1) is 0 Å². The lowest BCUT2D eigenvalue weighted by molar-refractivity contribution is -0.137. The first-order chi connectivity index (χ1) is 13.3. The molecule has 0 spiro atoms. The number of ether oxygens (including phenoxy) is 1. The lowest BCUT2D eigenvalue weighted by atomic mass is 9.99. The van der Waals surface area contributed by atoms with E-state index in [1.54, 1.807) is 36.4 Å². The van der Waals surface area contributed by atoms with Crippen molar-refractivity contribution in [1.82, 2.24) is 0 Å². The first kappa shape index (κ1) is 19.9. The van der Waals surface area contributed by atoms with E-state index in [-0.39, 0.29) is 16.2 Å². The van der Waals surface area contributed by atoms with Gasteiger partial charge in [-0.3, -0.25) is 0 Å². The zero-order chi connectivity index (χ0) is 20.3. The summed E-state index contributed by atoms with van der Waals surface area (Å²) in [4.78, 5) is 11.9. The number of benzene rings is 2. The van der Waals surface area contributed by atoms with Crippen LogP contribution in [-0.4, -0.2) is 11.1 Å². The Hall–Kier alpha value is -2.80. The normalized spacial score (nSPS) is 12.6. The molecule has 0 aliphatic carbocycles. The van der Waals surface area contributed by atoms with Gasteiger partial charge in [-0.05, 0) is 41.8 Å². The zero-order valence-electron chi connectivity index (χ0n) is 14.9. The number of carboxylic acid groups (broad SMARTS) is 1. The van der Waals surface area contributed by atoms with Crippen molar-refractivity contribution in [3.05, 3.63) is 76.0 Å². The lowest BCUT2D eigenvalue weighted by Crippen LogP contribution is -2.09. The fourth-order valence-electron chi connectivity index (χ4n) is 2.85. The molecule has 146 valence electrons. The number of carbonyl (C=O) groups is 1. The van der Waals surface area contributed by atoms with Gasteiger partial charge in [0, 0.05) is 4.88 Å². The van der Waals surface area contributed by atoms with E-state index in [0.29, 0.717) is 16.9 Å². The van der Waals surface area contributed by atoms with Gasteiger partial charge in [0.05, 0.1) is 5.56 Å². The van der Waals surface area contributed by atoms with Crippen molar-refractivity contribution in [1.29, 1.82) is 0 Å². The molecule has 1 aromatic heterocycles. The summed E-state index contributed by atoms with van der Waals surface area (Å²) < 4.78 is 46.7. The molecule has 0 aliphatic rings. The smallest absolute Gasteiger partial charge is 0.417 e. The Bertz CT molecular complexity index is 965. The topological polar surface area (TPSA) is 46.5 Å². The van der Waals surface area contributed by atoms with Gasteiger partial charge in [0.1, 0.15) is 16.7 Å². The average Bonchev–Trinajstić information content (AvgIpc) is 3.16. The molecule has 28 heavy (non-hydrogen) atoms. The third-order valence-corrected chi connectivity index (χ3v) is 5.35. The molecule has 0 fully saturated rings. The Kier molecular flexibility index (Phi) is 5.74. The maximum absolute atomic E-state index is 13.6. The van der Waals surface area contributed by atoms with Gasteiger partial charge in [-0.25, -0.2) is 4.79 Å². The second-order valence-corrected chi connectivity index (χ2v) is 7.21. The zero-order valence-corrected chi connectivity index (χ0v) is 15.7. The van der Waals surface area contributed by atoms with E-state index in [1.807, 2.05) is 6.92 Å². The number of aromatic carboxylic acids is 1. The van der Waals surface area contributed by atoms with Crippen LogP contribution in [0.2, 0.25) is 0 Å². The molecule has 7 heteroatoms. The van der Waals surface area contributed by atoms with Crippen molar-refractivity contribution in [2.45, 2.75) is 25.6 Å². The molecule has 1 heterocycles. The second kappa shape index (κ2) is 8.06. The molecule has 3 aromatic rings. The van der Waals surface area contributed by atoms with E-state index in [0.717, 1.165) is 17.4 Å². The van der Waals surface area contributed by atoms with Gasteiger partial charge in [0.25, 0.3) is 0 Å². The summed E-state index contributed by atoms with van der Waals surface area (Å²) >= 11 is 1.06. The van der Waals surface area contributed by atoms with Crippen LogP contribution in [0.15, 0.2) is 60.7 Å². The van der Waals surface area contributed by atoms with E-state index in [2.05, 4.69) is 0 Å². The van der Waals surface area contributed by atoms with Crippen LogP contribution >= 0.6 is 11.3 Å². The minimum Gasteiger partial charge on any atom is -0.485 e. The van der Waals surface area contributed by atoms with Gasteiger partial charge >= 0.3 is 12.1 Å². The van der Waals surface area contributed by atoms with Crippen molar-refractivity contribution in [2.24, 2.45) is 0 Å². The molecule has 1 N–H and O–H groups in total. The van der Waals surface area contributed by atoms with E-state index >= 15 is 0 Å². The predicted octanol–water partition coefficient (Wildman–Crippen LogP) is 6.66. The van der Waals surface area contributed by atoms with Crippen LogP contribution < -0.4 is 4.74 Å². The Morgan fingerprint density at radius 1 is 1.11 bits per heavy atom. The highest BCUT2D eigenvalue weighted by atomic mass is 32.1. The monoisotopic (exact) mass is 406 g/mol. The number of hydrogen-bond donors (Lipinski definition) is 1. The van der Waals surface area contributed by atoms with E-state index in [9.17, 15) is 18.0 Å². The van der Waals surface area contributed by atoms with Crippen molar-refractivity contribution in [3.8, 4) is 16.9 Å². The van der Waals surface area contributed by atoms with E-state index in [1.165, 1.54) is 18.2 Å². The summed E-state index contributed by atoms with van der Waals surface area (Å²) in [5, 5.41) is 9.05. The number of alkyl halides is 3. The third-order valence-electron chi connectivity index (χ3n) is 4.19. The summed E-state index contributed by atoms with van der Waals surface area (Å²) in [7, 11) is 0. The van der Waals surface area contributed by atoms with Gasteiger partial charge in [-0.2, -0.15) is 13.2 Å². The van der Waals surface area contributed by atoms with Crippen molar-refractivity contribution < 1.29 is 27.8 Å². The molecule has 2 aromatic carbocycles. The molecule has 0 amide bonds. The number of halogens is 3. The van der Waals surface area contributed by atoms with Crippen LogP contribution in [0.4, 0.5) is 13.2 Å². The molecule has 0 radical (unpaired) electrons. The minimum absolute atomic E-state index is 0.0813. The highest BCUT2D eigenvalue weighted by Gasteiger charge is 2.34. The van der Waals surface area contributed by atoms with Crippen LogP contribution in [-0.2, 0) is 6.18 Å². The highest BCUT2D eigenvalue weighted by molar-refractivity contribution is 7.14. The Labute approximate surface area is 164 Å². The van der Waals surface area contributed by atoms with Crippen molar-refractivity contribution in [3.63, 3.8) is 0 Å². The molecule has 0 saturated heterocycles. The van der Waals surface area contributed by atoms with Crippen LogP contribution in [0.5, 0.6) is 5.75 Å². The lowest BCUT2D eigenvalue weighted by Gasteiger charge is -2.19. The number of thiophene rings is 1. The third kappa shape index (κ3) is 4.36. The standard InChI is InChI=1S/C21H17F3O3S/c1-2-17(18-10-11-19(28-18)20(25)26)27-14-8-9-15(13-6-4-3-5-7-13)16(12-14)21(22,23)24/h3-12,17H,2H2,1H3,(H,25,26). The van der Waals surface area contributed by atoms with Gasteiger partial charge < -0.3 is 9.84 Å². The fourth-order valence-corrected chi connectivity index (χ4v) is 3.81. The van der Waals surface area contributed by atoms with Crippen LogP contribution in [0.1, 0.15) is 39.6 Å². The van der Waals surface area contributed by atoms with Gasteiger partial charge in [0.15, 0.2) is 0 Å². The Balaban J connectivity index is 1.94. The molecule has 1 unspecified atom stereocenters. The number of carboxylic acids is 1. The highest BCUT2D eigenvalue weighted by Crippen LogP contribution is 2.40. The SMILES string of the molecule is CCC(Oc1ccc(-c2ccccc2)c(C(F)(F)F)c1)c1ccc(C(=O)O)s1. The van der Waals surface area contributed by atoms with E-state index < -0.39 is 23.8 Å². The van der Waals surface area contributed by atoms with E-state index in [4.69, 9.17) is 9.84 Å². The first-order valence-electron chi connectivity index (χ1n) is 8.56. The summed E-state index contributed by atoms with van der Waals surface area (Å²) in [5.74, 6) is -0.957. The minimum atomic E-state index is -4.54. The second-order valence-electron chi connectivity index (χ2n) is 6.09. The number of hydrogen-bond acceptors (Lipinski definition) is 3. The number of rotatable bonds is 6. The average molecular weight is 406 g/mol. The molecular weight excluding hydrogens is 389 g/mol. The molecule has 3 nitrogen and oxygen atoms in total. The predicted molar refractivity (Wildman–Crippen MR) is 102 cm³/mol. The molecule has 0 bridgehead atoms.